The van der Waals surface area contributed by atoms with E-state index in [0.29, 0.717) is 38.8 Å². The number of anilines is 2. The topological polar surface area (TPSA) is 129 Å². The molecule has 1 saturated carbocycles. The lowest BCUT2D eigenvalue weighted by Gasteiger charge is -2.39. The van der Waals surface area contributed by atoms with E-state index in [1.165, 1.54) is 4.90 Å². The lowest BCUT2D eigenvalue weighted by atomic mass is 9.87. The molecule has 0 radical (unpaired) electrons. The summed E-state index contributed by atoms with van der Waals surface area (Å²) in [5.74, 6) is -1.35. The molecule has 2 aliphatic heterocycles. The number of hydrogen-bond acceptors (Lipinski definition) is 7. The minimum atomic E-state index is -0.735. The number of rotatable bonds is 12. The molecule has 3 atom stereocenters. The fourth-order valence-electron chi connectivity index (χ4n) is 6.35. The third kappa shape index (κ3) is 9.19. The number of nitrogens with zero attached hydrogens (tertiary/aromatic N) is 3. The first-order valence-corrected chi connectivity index (χ1v) is 16.5. The molecule has 4 amide bonds. The van der Waals surface area contributed by atoms with Gasteiger partial charge in [0.2, 0.25) is 17.7 Å². The Morgan fingerprint density at radius 3 is 2.44 bits per heavy atom. The van der Waals surface area contributed by atoms with Crippen molar-refractivity contribution < 1.29 is 33.8 Å². The summed E-state index contributed by atoms with van der Waals surface area (Å²) in [5, 5.41) is 12.8. The van der Waals surface area contributed by atoms with E-state index in [4.69, 9.17) is 9.47 Å². The maximum absolute atomic E-state index is 14.4. The number of amides is 4. The number of piperidine rings is 1. The fraction of sp³-hybridized carbons (Fsp3) is 0.706. The highest BCUT2D eigenvalue weighted by molar-refractivity contribution is 6.00. The second kappa shape index (κ2) is 14.9. The van der Waals surface area contributed by atoms with E-state index in [9.17, 15) is 24.3 Å². The van der Waals surface area contributed by atoms with Crippen LogP contribution in [0.25, 0.3) is 0 Å². The predicted molar refractivity (Wildman–Crippen MR) is 172 cm³/mol. The summed E-state index contributed by atoms with van der Waals surface area (Å²) in [5.41, 5.74) is 1.89. The van der Waals surface area contributed by atoms with Crippen molar-refractivity contribution in [2.24, 2.45) is 17.8 Å². The van der Waals surface area contributed by atoms with Gasteiger partial charge in [0, 0.05) is 57.2 Å². The number of fused-ring (bicyclic) bond motifs is 1. The average Bonchev–Trinajstić information content (AvgIpc) is 3.82. The van der Waals surface area contributed by atoms with E-state index in [1.807, 2.05) is 36.9 Å². The first-order valence-electron chi connectivity index (χ1n) is 16.5. The van der Waals surface area contributed by atoms with Crippen LogP contribution in [0.4, 0.5) is 16.2 Å². The Balaban J connectivity index is 1.61. The number of carbonyl (C=O) groups excluding carboxylic acids is 4. The third-order valence-corrected chi connectivity index (χ3v) is 8.57. The summed E-state index contributed by atoms with van der Waals surface area (Å²) in [6.45, 7) is 10.6. The molecule has 11 heteroatoms. The predicted octanol–water partition coefficient (Wildman–Crippen LogP) is 3.89. The number of benzene rings is 1. The minimum Gasteiger partial charge on any atom is -0.444 e. The van der Waals surface area contributed by atoms with Gasteiger partial charge >= 0.3 is 6.09 Å². The van der Waals surface area contributed by atoms with Crippen molar-refractivity contribution in [1.29, 1.82) is 0 Å². The summed E-state index contributed by atoms with van der Waals surface area (Å²) in [7, 11) is 1.64. The molecule has 0 aromatic heterocycles. The van der Waals surface area contributed by atoms with Crippen molar-refractivity contribution in [1.82, 2.24) is 10.2 Å². The van der Waals surface area contributed by atoms with Gasteiger partial charge in [-0.1, -0.05) is 19.9 Å². The molecule has 1 aromatic carbocycles. The summed E-state index contributed by atoms with van der Waals surface area (Å²) >= 11 is 0. The summed E-state index contributed by atoms with van der Waals surface area (Å²) in [6, 6.07) is 5.53. The second-order valence-corrected chi connectivity index (χ2v) is 14.2. The Kier molecular flexibility index (Phi) is 11.5. The lowest BCUT2D eigenvalue weighted by molar-refractivity contribution is -0.131. The number of aryl methyl sites for hydroxylation is 1. The number of aliphatic hydroxyl groups excluding tert-OH is 1. The van der Waals surface area contributed by atoms with Gasteiger partial charge in [0.25, 0.3) is 0 Å². The van der Waals surface area contributed by atoms with Crippen LogP contribution in [0.1, 0.15) is 78.7 Å². The van der Waals surface area contributed by atoms with Crippen LogP contribution in [-0.4, -0.2) is 91.5 Å². The highest BCUT2D eigenvalue weighted by Gasteiger charge is 2.44. The molecule has 1 unspecified atom stereocenters. The number of hydrogen-bond donors (Lipinski definition) is 2. The van der Waals surface area contributed by atoms with Crippen molar-refractivity contribution >= 4 is 35.2 Å². The van der Waals surface area contributed by atoms with Gasteiger partial charge in [0.1, 0.15) is 5.60 Å². The van der Waals surface area contributed by atoms with E-state index in [-0.39, 0.29) is 55.8 Å². The molecule has 250 valence electrons. The molecule has 2 fully saturated rings. The number of ether oxygens (including phenoxy) is 2. The smallest absolute Gasteiger partial charge is 0.410 e. The van der Waals surface area contributed by atoms with E-state index >= 15 is 0 Å². The molecular weight excluding hydrogens is 576 g/mol. The maximum Gasteiger partial charge on any atom is 0.410 e. The molecule has 2 N–H and O–H groups in total. The minimum absolute atomic E-state index is 0.0192. The maximum atomic E-state index is 14.4. The summed E-state index contributed by atoms with van der Waals surface area (Å²) in [6.07, 6.45) is 3.87. The van der Waals surface area contributed by atoms with Crippen LogP contribution in [0, 0.1) is 17.8 Å². The van der Waals surface area contributed by atoms with E-state index in [1.54, 1.807) is 32.8 Å². The fourth-order valence-corrected chi connectivity index (χ4v) is 6.35. The normalized spacial score (nSPS) is 20.9. The van der Waals surface area contributed by atoms with Gasteiger partial charge in [-0.05, 0) is 82.9 Å². The van der Waals surface area contributed by atoms with Gasteiger partial charge in [-0.25, -0.2) is 4.79 Å². The molecule has 1 aromatic rings. The van der Waals surface area contributed by atoms with Crippen LogP contribution < -0.4 is 15.1 Å². The van der Waals surface area contributed by atoms with Gasteiger partial charge in [0.15, 0.2) is 0 Å². The Morgan fingerprint density at radius 2 is 1.82 bits per heavy atom. The van der Waals surface area contributed by atoms with Crippen molar-refractivity contribution in [2.45, 2.75) is 97.2 Å². The van der Waals surface area contributed by atoms with Crippen LogP contribution in [-0.2, 0) is 30.3 Å². The average molecular weight is 629 g/mol. The number of methoxy groups -OCH3 is 1. The van der Waals surface area contributed by atoms with Crippen molar-refractivity contribution in [3.05, 3.63) is 23.8 Å². The Morgan fingerprint density at radius 1 is 1.11 bits per heavy atom. The standard InChI is InChI=1S/C34H52N4O7/c1-22(2)16-26(21-39)35-31(41)24-17-25(20-36(19-24)33(43)45-34(3,4)5)32(42)38(27-11-12-27)28-10-8-23-9-13-30(40)37(29(23)18-28)14-7-15-44-6/h8,10,18,22,24-27,39H,7,9,11-17,19-21H2,1-6H3,(H,35,41)/t24-,25+,26?/m0/s1. The van der Waals surface area contributed by atoms with Crippen molar-refractivity contribution in [3.8, 4) is 0 Å². The van der Waals surface area contributed by atoms with Gasteiger partial charge < -0.3 is 34.6 Å². The molecular formula is C34H52N4O7. The molecule has 4 rings (SSSR count). The van der Waals surface area contributed by atoms with Gasteiger partial charge in [0.05, 0.1) is 24.5 Å². The zero-order valence-electron chi connectivity index (χ0n) is 27.8. The molecule has 1 aliphatic carbocycles. The van der Waals surface area contributed by atoms with Crippen molar-refractivity contribution in [2.75, 3.05) is 49.8 Å². The van der Waals surface area contributed by atoms with Gasteiger partial charge in [-0.3, -0.25) is 14.4 Å². The first-order chi connectivity index (χ1) is 21.3. The largest absolute Gasteiger partial charge is 0.444 e. The molecule has 0 spiro atoms. The molecule has 2 heterocycles. The van der Waals surface area contributed by atoms with Crippen LogP contribution in [0.15, 0.2) is 18.2 Å². The Hall–Kier alpha value is -3.18. The van der Waals surface area contributed by atoms with Gasteiger partial charge in [-0.15, -0.1) is 0 Å². The molecule has 45 heavy (non-hydrogen) atoms. The Bertz CT molecular complexity index is 1230. The molecule has 3 aliphatic rings. The highest BCUT2D eigenvalue weighted by Crippen LogP contribution is 2.39. The number of carbonyl (C=O) groups is 4. The van der Waals surface area contributed by atoms with Gasteiger partial charge in [-0.2, -0.15) is 0 Å². The Labute approximate surface area is 267 Å². The third-order valence-electron chi connectivity index (χ3n) is 8.57. The van der Waals surface area contributed by atoms with E-state index in [0.717, 1.165) is 29.8 Å². The molecule has 0 bridgehead atoms. The monoisotopic (exact) mass is 628 g/mol. The van der Waals surface area contributed by atoms with Crippen LogP contribution in [0.2, 0.25) is 0 Å². The number of likely N-dealkylation sites (tertiary alicyclic amines) is 1. The van der Waals surface area contributed by atoms with E-state index < -0.39 is 29.6 Å². The second-order valence-electron chi connectivity index (χ2n) is 14.2. The number of aliphatic hydroxyl groups is 1. The van der Waals surface area contributed by atoms with Crippen LogP contribution in [0.3, 0.4) is 0 Å². The SMILES string of the molecule is COCCCN1C(=O)CCc2ccc(N(C(=O)[C@@H]3C[C@H](C(=O)NC(CO)CC(C)C)CN(C(=O)OC(C)(C)C)C3)C3CC3)cc21. The van der Waals surface area contributed by atoms with Crippen molar-refractivity contribution in [3.63, 3.8) is 0 Å². The summed E-state index contributed by atoms with van der Waals surface area (Å²) in [4.78, 5) is 59.2. The van der Waals surface area contributed by atoms with Crippen LogP contribution in [0.5, 0.6) is 0 Å². The first kappa shape index (κ1) is 34.7. The van der Waals surface area contributed by atoms with Crippen LogP contribution >= 0.6 is 0 Å². The van der Waals surface area contributed by atoms with E-state index in [2.05, 4.69) is 5.32 Å². The molecule has 11 nitrogen and oxygen atoms in total. The zero-order chi connectivity index (χ0) is 32.9. The lowest BCUT2D eigenvalue weighted by Crippen LogP contribution is -2.55. The molecule has 1 saturated heterocycles. The summed E-state index contributed by atoms with van der Waals surface area (Å²) < 4.78 is 10.9. The highest BCUT2D eigenvalue weighted by atomic mass is 16.6. The zero-order valence-corrected chi connectivity index (χ0v) is 27.8. The quantitative estimate of drug-likeness (QED) is 0.336. The number of nitrogens with one attached hydrogen (secondary N) is 1.